The van der Waals surface area contributed by atoms with Gasteiger partial charge in [0.25, 0.3) is 0 Å². The van der Waals surface area contributed by atoms with Gasteiger partial charge in [0.15, 0.2) is 0 Å². The third kappa shape index (κ3) is 2.13. The predicted molar refractivity (Wildman–Crippen MR) is 68.3 cm³/mol. The summed E-state index contributed by atoms with van der Waals surface area (Å²) in [7, 11) is 1.81. The number of nitrogens with two attached hydrogens (primary N) is 1. The van der Waals surface area contributed by atoms with Crippen LogP contribution in [-0.2, 0) is 4.79 Å². The van der Waals surface area contributed by atoms with Crippen LogP contribution in [0.4, 0.5) is 5.69 Å². The van der Waals surface area contributed by atoms with E-state index in [0.717, 1.165) is 23.0 Å². The van der Waals surface area contributed by atoms with E-state index in [0.29, 0.717) is 0 Å². The number of nitrogens with zero attached hydrogens (tertiary/aromatic N) is 1. The summed E-state index contributed by atoms with van der Waals surface area (Å²) in [6.07, 6.45) is 1.63. The Hall–Kier alpha value is -0.870. The van der Waals surface area contributed by atoms with Crippen molar-refractivity contribution in [2.45, 2.75) is 18.9 Å². The van der Waals surface area contributed by atoms with Crippen LogP contribution in [0.25, 0.3) is 0 Å². The molecule has 4 heteroatoms. The van der Waals surface area contributed by atoms with Gasteiger partial charge in [-0.2, -0.15) is 0 Å². The molecule has 1 aliphatic carbocycles. The van der Waals surface area contributed by atoms with Crippen LogP contribution in [0.1, 0.15) is 12.8 Å². The second-order valence-electron chi connectivity index (χ2n) is 4.28. The summed E-state index contributed by atoms with van der Waals surface area (Å²) in [6.45, 7) is 0. The normalized spacial score (nSPS) is 23.7. The van der Waals surface area contributed by atoms with Crippen molar-refractivity contribution in [1.82, 2.24) is 0 Å². The number of halogens is 1. The van der Waals surface area contributed by atoms with Crippen molar-refractivity contribution >= 4 is 27.5 Å². The number of anilines is 1. The molecule has 1 saturated carbocycles. The molecule has 0 bridgehead atoms. The van der Waals surface area contributed by atoms with Gasteiger partial charge in [0, 0.05) is 23.5 Å². The zero-order chi connectivity index (χ0) is 11.7. The van der Waals surface area contributed by atoms with Gasteiger partial charge in [-0.3, -0.25) is 4.79 Å². The molecular weight excluding hydrogens is 268 g/mol. The first-order chi connectivity index (χ1) is 7.59. The van der Waals surface area contributed by atoms with Gasteiger partial charge in [-0.1, -0.05) is 12.1 Å². The van der Waals surface area contributed by atoms with Gasteiger partial charge in [0.2, 0.25) is 5.91 Å². The zero-order valence-corrected chi connectivity index (χ0v) is 10.8. The van der Waals surface area contributed by atoms with E-state index in [4.69, 9.17) is 5.73 Å². The predicted octanol–water partition coefficient (Wildman–Crippen LogP) is 2.15. The number of hydrogen-bond acceptors (Lipinski definition) is 2. The summed E-state index contributed by atoms with van der Waals surface area (Å²) in [5.41, 5.74) is 6.61. The van der Waals surface area contributed by atoms with Gasteiger partial charge < -0.3 is 10.6 Å². The van der Waals surface area contributed by atoms with Crippen molar-refractivity contribution in [1.29, 1.82) is 0 Å². The van der Waals surface area contributed by atoms with E-state index >= 15 is 0 Å². The molecule has 3 nitrogen and oxygen atoms in total. The maximum absolute atomic E-state index is 12.1. The van der Waals surface area contributed by atoms with Crippen LogP contribution in [0.15, 0.2) is 28.7 Å². The SMILES string of the molecule is CN(C(=O)C1CC(N)C1)c1ccccc1Br. The Morgan fingerprint density at radius 1 is 1.44 bits per heavy atom. The fourth-order valence-electron chi connectivity index (χ4n) is 1.98. The lowest BCUT2D eigenvalue weighted by Crippen LogP contribution is -2.45. The molecule has 16 heavy (non-hydrogen) atoms. The van der Waals surface area contributed by atoms with Crippen LogP contribution in [-0.4, -0.2) is 19.0 Å². The molecule has 0 unspecified atom stereocenters. The molecule has 1 amide bonds. The summed E-state index contributed by atoms with van der Waals surface area (Å²) < 4.78 is 0.939. The van der Waals surface area contributed by atoms with Crippen LogP contribution in [0.5, 0.6) is 0 Å². The van der Waals surface area contributed by atoms with Crippen molar-refractivity contribution in [3.05, 3.63) is 28.7 Å². The standard InChI is InChI=1S/C12H15BrN2O/c1-15(11-5-3-2-4-10(11)13)12(16)8-6-9(14)7-8/h2-5,8-9H,6-7,14H2,1H3. The number of amides is 1. The smallest absolute Gasteiger partial charge is 0.229 e. The van der Waals surface area contributed by atoms with Crippen LogP contribution in [0.3, 0.4) is 0 Å². The van der Waals surface area contributed by atoms with Crippen molar-refractivity contribution < 1.29 is 4.79 Å². The first-order valence-electron chi connectivity index (χ1n) is 5.37. The first-order valence-corrected chi connectivity index (χ1v) is 6.16. The van der Waals surface area contributed by atoms with Crippen molar-refractivity contribution in [3.8, 4) is 0 Å². The molecular formula is C12H15BrN2O. The molecule has 1 fully saturated rings. The Kier molecular flexibility index (Phi) is 3.30. The maximum Gasteiger partial charge on any atom is 0.229 e. The van der Waals surface area contributed by atoms with E-state index in [1.54, 1.807) is 4.90 Å². The second kappa shape index (κ2) is 4.55. The molecule has 0 aliphatic heterocycles. The van der Waals surface area contributed by atoms with Gasteiger partial charge >= 0.3 is 0 Å². The van der Waals surface area contributed by atoms with E-state index in [-0.39, 0.29) is 17.9 Å². The fraction of sp³-hybridized carbons (Fsp3) is 0.417. The Morgan fingerprint density at radius 2 is 2.06 bits per heavy atom. The van der Waals surface area contributed by atoms with Crippen LogP contribution < -0.4 is 10.6 Å². The van der Waals surface area contributed by atoms with Gasteiger partial charge in [0.1, 0.15) is 0 Å². The van der Waals surface area contributed by atoms with Crippen molar-refractivity contribution in [2.24, 2.45) is 11.7 Å². The molecule has 1 aromatic carbocycles. The Balaban J connectivity index is 2.10. The highest BCUT2D eigenvalue weighted by atomic mass is 79.9. The van der Waals surface area contributed by atoms with E-state index < -0.39 is 0 Å². The highest BCUT2D eigenvalue weighted by Crippen LogP contribution is 2.31. The molecule has 0 spiro atoms. The molecule has 1 aliphatic rings. The average molecular weight is 283 g/mol. The molecule has 0 atom stereocenters. The number of para-hydroxylation sites is 1. The molecule has 0 heterocycles. The number of carbonyl (C=O) groups excluding carboxylic acids is 1. The summed E-state index contributed by atoms with van der Waals surface area (Å²) in [6, 6.07) is 7.94. The van der Waals surface area contributed by atoms with E-state index in [9.17, 15) is 4.79 Å². The number of rotatable bonds is 2. The lowest BCUT2D eigenvalue weighted by molar-refractivity contribution is -0.124. The Bertz CT molecular complexity index is 402. The quantitative estimate of drug-likeness (QED) is 0.904. The summed E-state index contributed by atoms with van der Waals surface area (Å²) in [4.78, 5) is 13.8. The molecule has 2 rings (SSSR count). The van der Waals surface area contributed by atoms with Gasteiger partial charge in [-0.15, -0.1) is 0 Å². The minimum atomic E-state index is 0.104. The average Bonchev–Trinajstić information content (AvgIpc) is 2.24. The van der Waals surface area contributed by atoms with Gasteiger partial charge in [-0.05, 0) is 40.9 Å². The van der Waals surface area contributed by atoms with Crippen LogP contribution in [0.2, 0.25) is 0 Å². The molecule has 0 saturated heterocycles. The molecule has 0 aromatic heterocycles. The van der Waals surface area contributed by atoms with Crippen molar-refractivity contribution in [2.75, 3.05) is 11.9 Å². The zero-order valence-electron chi connectivity index (χ0n) is 9.19. The molecule has 0 radical (unpaired) electrons. The Labute approximate surface area is 104 Å². The highest BCUT2D eigenvalue weighted by Gasteiger charge is 2.34. The summed E-state index contributed by atoms with van der Waals surface area (Å²) in [5, 5.41) is 0. The van der Waals surface area contributed by atoms with E-state index in [1.165, 1.54) is 0 Å². The van der Waals surface area contributed by atoms with E-state index in [1.807, 2.05) is 31.3 Å². The largest absolute Gasteiger partial charge is 0.328 e. The molecule has 2 N–H and O–H groups in total. The monoisotopic (exact) mass is 282 g/mol. The van der Waals surface area contributed by atoms with Crippen LogP contribution in [0, 0.1) is 5.92 Å². The molecule has 86 valence electrons. The Morgan fingerprint density at radius 3 is 2.62 bits per heavy atom. The summed E-state index contributed by atoms with van der Waals surface area (Å²) >= 11 is 3.45. The maximum atomic E-state index is 12.1. The molecule has 1 aromatic rings. The minimum absolute atomic E-state index is 0.104. The third-order valence-electron chi connectivity index (χ3n) is 3.07. The van der Waals surface area contributed by atoms with Crippen LogP contribution >= 0.6 is 15.9 Å². The van der Waals surface area contributed by atoms with Crippen molar-refractivity contribution in [3.63, 3.8) is 0 Å². The number of hydrogen-bond donors (Lipinski definition) is 1. The van der Waals surface area contributed by atoms with E-state index in [2.05, 4.69) is 15.9 Å². The lowest BCUT2D eigenvalue weighted by atomic mass is 9.80. The first kappa shape index (κ1) is 11.6. The number of benzene rings is 1. The minimum Gasteiger partial charge on any atom is -0.328 e. The van der Waals surface area contributed by atoms with Gasteiger partial charge in [0.05, 0.1) is 5.69 Å². The van der Waals surface area contributed by atoms with Gasteiger partial charge in [-0.25, -0.2) is 0 Å². The topological polar surface area (TPSA) is 46.3 Å². The second-order valence-corrected chi connectivity index (χ2v) is 5.13. The highest BCUT2D eigenvalue weighted by molar-refractivity contribution is 9.10. The summed E-state index contributed by atoms with van der Waals surface area (Å²) in [5.74, 6) is 0.265. The fourth-order valence-corrected chi connectivity index (χ4v) is 2.53. The third-order valence-corrected chi connectivity index (χ3v) is 3.74. The number of carbonyl (C=O) groups is 1. The lowest BCUT2D eigenvalue weighted by Gasteiger charge is -2.34.